The molecule has 0 spiro atoms. The van der Waals surface area contributed by atoms with Gasteiger partial charge in [0.2, 0.25) is 0 Å². The summed E-state index contributed by atoms with van der Waals surface area (Å²) in [5, 5.41) is 7.30. The second-order valence-electron chi connectivity index (χ2n) is 4.25. The Hall–Kier alpha value is -1.23. The lowest BCUT2D eigenvalue weighted by Gasteiger charge is -2.10. The number of Topliss-reactive ketones (excluding diaryl/α,β-unsaturated/α-hetero) is 1. The van der Waals surface area contributed by atoms with Gasteiger partial charge in [0.25, 0.3) is 0 Å². The van der Waals surface area contributed by atoms with E-state index in [1.807, 2.05) is 18.5 Å². The molecule has 0 saturated carbocycles. The van der Waals surface area contributed by atoms with Crippen molar-refractivity contribution in [3.05, 3.63) is 12.2 Å². The second-order valence-corrected chi connectivity index (χ2v) is 4.25. The van der Waals surface area contributed by atoms with Gasteiger partial charge in [-0.2, -0.15) is 5.10 Å². The summed E-state index contributed by atoms with van der Waals surface area (Å²) >= 11 is 0. The molecule has 0 aliphatic carbocycles. The van der Waals surface area contributed by atoms with Crippen molar-refractivity contribution in [2.45, 2.75) is 40.2 Å². The lowest BCUT2D eigenvalue weighted by Crippen LogP contribution is -2.28. The molecule has 1 N–H and O–H groups in total. The first kappa shape index (κ1) is 13.8. The number of rotatable bonds is 8. The van der Waals surface area contributed by atoms with Crippen molar-refractivity contribution in [1.29, 1.82) is 0 Å². The molecular formula is C12H22N4O. The third kappa shape index (κ3) is 4.26. The van der Waals surface area contributed by atoms with E-state index in [2.05, 4.69) is 22.3 Å². The number of aryl methyl sites for hydroxylation is 1. The topological polar surface area (TPSA) is 59.8 Å². The normalized spacial score (nSPS) is 12.6. The van der Waals surface area contributed by atoms with Crippen LogP contribution in [-0.2, 0) is 17.8 Å². The zero-order chi connectivity index (χ0) is 12.7. The molecule has 5 nitrogen and oxygen atoms in total. The molecule has 0 radical (unpaired) electrons. The number of ketones is 1. The Kier molecular flexibility index (Phi) is 5.83. The van der Waals surface area contributed by atoms with Crippen molar-refractivity contribution in [3.8, 4) is 0 Å². The van der Waals surface area contributed by atoms with E-state index in [0.717, 1.165) is 31.9 Å². The molecule has 0 aromatic carbocycles. The number of carbonyl (C=O) groups excluding carboxylic acids is 1. The fourth-order valence-electron chi connectivity index (χ4n) is 1.63. The smallest absolute Gasteiger partial charge is 0.144 e. The fourth-order valence-corrected chi connectivity index (χ4v) is 1.63. The molecule has 1 heterocycles. The average Bonchev–Trinajstić information content (AvgIpc) is 2.74. The molecule has 0 bridgehead atoms. The summed E-state index contributed by atoms with van der Waals surface area (Å²) in [6.45, 7) is 8.52. The van der Waals surface area contributed by atoms with Crippen LogP contribution in [0.4, 0.5) is 0 Å². The van der Waals surface area contributed by atoms with Crippen LogP contribution in [0.2, 0.25) is 0 Å². The summed E-state index contributed by atoms with van der Waals surface area (Å²) in [7, 11) is 0. The lowest BCUT2D eigenvalue weighted by molar-refractivity contribution is -0.121. The molecular weight excluding hydrogens is 216 g/mol. The Labute approximate surface area is 103 Å². The Bertz CT molecular complexity index is 348. The number of aromatic nitrogens is 3. The first-order valence-electron chi connectivity index (χ1n) is 6.29. The van der Waals surface area contributed by atoms with Crippen molar-refractivity contribution >= 4 is 5.78 Å². The number of nitrogens with zero attached hydrogens (tertiary/aromatic N) is 3. The molecule has 1 rings (SSSR count). The lowest BCUT2D eigenvalue weighted by atomic mass is 10.0. The maximum absolute atomic E-state index is 12.0. The highest BCUT2D eigenvalue weighted by Gasteiger charge is 2.15. The van der Waals surface area contributed by atoms with Crippen LogP contribution in [0.15, 0.2) is 6.33 Å². The van der Waals surface area contributed by atoms with Gasteiger partial charge < -0.3 is 5.32 Å². The number of carbonyl (C=O) groups is 1. The van der Waals surface area contributed by atoms with Crippen LogP contribution in [0, 0.1) is 5.92 Å². The van der Waals surface area contributed by atoms with E-state index >= 15 is 0 Å². The largest absolute Gasteiger partial charge is 0.316 e. The van der Waals surface area contributed by atoms with Gasteiger partial charge >= 0.3 is 0 Å². The number of nitrogens with one attached hydrogen (secondary N) is 1. The highest BCUT2D eigenvalue weighted by Crippen LogP contribution is 2.04. The number of hydrogen-bond acceptors (Lipinski definition) is 4. The summed E-state index contributed by atoms with van der Waals surface area (Å²) in [5.74, 6) is 1.03. The third-order valence-corrected chi connectivity index (χ3v) is 2.71. The van der Waals surface area contributed by atoms with Crippen molar-refractivity contribution < 1.29 is 4.79 Å². The van der Waals surface area contributed by atoms with Crippen LogP contribution in [0.5, 0.6) is 0 Å². The van der Waals surface area contributed by atoms with E-state index < -0.39 is 0 Å². The van der Waals surface area contributed by atoms with Gasteiger partial charge in [-0.15, -0.1) is 0 Å². The fraction of sp³-hybridized carbons (Fsp3) is 0.750. The predicted molar refractivity (Wildman–Crippen MR) is 66.7 cm³/mol. The molecule has 0 aliphatic heterocycles. The van der Waals surface area contributed by atoms with E-state index in [1.54, 1.807) is 0 Å². The van der Waals surface area contributed by atoms with Gasteiger partial charge in [-0.05, 0) is 13.0 Å². The average molecular weight is 238 g/mol. The molecule has 0 aliphatic rings. The van der Waals surface area contributed by atoms with Crippen LogP contribution in [0.1, 0.15) is 33.0 Å². The summed E-state index contributed by atoms with van der Waals surface area (Å²) in [4.78, 5) is 16.1. The van der Waals surface area contributed by atoms with Crippen LogP contribution in [0.3, 0.4) is 0 Å². The van der Waals surface area contributed by atoms with E-state index in [0.29, 0.717) is 6.42 Å². The molecule has 96 valence electrons. The minimum absolute atomic E-state index is 0.0294. The molecule has 1 aromatic rings. The first-order valence-corrected chi connectivity index (χ1v) is 6.29. The van der Waals surface area contributed by atoms with E-state index in [-0.39, 0.29) is 11.7 Å². The number of hydrogen-bond donors (Lipinski definition) is 1. The summed E-state index contributed by atoms with van der Waals surface area (Å²) < 4.78 is 1.82. The second kappa shape index (κ2) is 7.17. The zero-order valence-electron chi connectivity index (χ0n) is 10.9. The molecule has 1 atom stereocenters. The Morgan fingerprint density at radius 2 is 2.29 bits per heavy atom. The van der Waals surface area contributed by atoms with Gasteiger partial charge in [-0.1, -0.05) is 20.8 Å². The highest BCUT2D eigenvalue weighted by molar-refractivity contribution is 5.82. The molecule has 17 heavy (non-hydrogen) atoms. The van der Waals surface area contributed by atoms with Gasteiger partial charge in [-0.25, -0.2) is 9.67 Å². The van der Waals surface area contributed by atoms with E-state index in [9.17, 15) is 4.79 Å². The van der Waals surface area contributed by atoms with Crippen molar-refractivity contribution in [3.63, 3.8) is 0 Å². The van der Waals surface area contributed by atoms with Crippen LogP contribution >= 0.6 is 0 Å². The molecule has 0 saturated heterocycles. The van der Waals surface area contributed by atoms with Gasteiger partial charge in [-0.3, -0.25) is 4.79 Å². The Balaban J connectivity index is 2.52. The summed E-state index contributed by atoms with van der Waals surface area (Å²) in [6, 6.07) is 0. The van der Waals surface area contributed by atoms with Crippen LogP contribution in [0.25, 0.3) is 0 Å². The molecule has 5 heteroatoms. The van der Waals surface area contributed by atoms with Crippen molar-refractivity contribution in [1.82, 2.24) is 20.1 Å². The molecule has 1 unspecified atom stereocenters. The predicted octanol–water partition coefficient (Wildman–Crippen LogP) is 1.05. The third-order valence-electron chi connectivity index (χ3n) is 2.71. The molecule has 0 amide bonds. The van der Waals surface area contributed by atoms with Gasteiger partial charge in [0, 0.05) is 19.0 Å². The van der Waals surface area contributed by atoms with Gasteiger partial charge in [0.15, 0.2) is 0 Å². The first-order chi connectivity index (χ1) is 8.19. The zero-order valence-corrected chi connectivity index (χ0v) is 10.9. The van der Waals surface area contributed by atoms with E-state index in [1.165, 1.54) is 6.33 Å². The van der Waals surface area contributed by atoms with Gasteiger partial charge in [0.05, 0.1) is 6.42 Å². The maximum Gasteiger partial charge on any atom is 0.144 e. The van der Waals surface area contributed by atoms with Crippen molar-refractivity contribution in [2.75, 3.05) is 13.1 Å². The summed E-state index contributed by atoms with van der Waals surface area (Å²) in [5.41, 5.74) is 0. The van der Waals surface area contributed by atoms with E-state index in [4.69, 9.17) is 0 Å². The van der Waals surface area contributed by atoms with Crippen LogP contribution in [-0.4, -0.2) is 33.6 Å². The molecule has 0 fully saturated rings. The minimum atomic E-state index is 0.0294. The van der Waals surface area contributed by atoms with Crippen molar-refractivity contribution in [2.24, 2.45) is 5.92 Å². The summed E-state index contributed by atoms with van der Waals surface area (Å²) in [6.07, 6.45) is 2.90. The standard InChI is InChI=1S/C12H22N4O/c1-4-6-16-12(14-9-15-16)7-11(17)10(3)8-13-5-2/h9-10,13H,4-8H2,1-3H3. The Morgan fingerprint density at radius 3 is 2.94 bits per heavy atom. The SMILES string of the molecule is CCCn1ncnc1CC(=O)C(C)CNCC. The maximum atomic E-state index is 12.0. The Morgan fingerprint density at radius 1 is 1.53 bits per heavy atom. The van der Waals surface area contributed by atoms with Crippen LogP contribution < -0.4 is 5.32 Å². The minimum Gasteiger partial charge on any atom is -0.316 e. The van der Waals surface area contributed by atoms with Gasteiger partial charge in [0.1, 0.15) is 17.9 Å². The monoisotopic (exact) mass is 238 g/mol. The molecule has 1 aromatic heterocycles. The highest BCUT2D eigenvalue weighted by atomic mass is 16.1. The quantitative estimate of drug-likeness (QED) is 0.735.